The van der Waals surface area contributed by atoms with Gasteiger partial charge in [0.1, 0.15) is 12.6 Å². The largest absolute Gasteiger partial charge is 0.463 e. The van der Waals surface area contributed by atoms with Gasteiger partial charge >= 0.3 is 5.97 Å². The van der Waals surface area contributed by atoms with Gasteiger partial charge in [-0.25, -0.2) is 9.18 Å². The molecule has 0 amide bonds. The number of hydrogen-bond acceptors (Lipinski definition) is 4. The first-order valence-electron chi connectivity index (χ1n) is 7.45. The lowest BCUT2D eigenvalue weighted by Crippen LogP contribution is -2.09. The molecule has 0 radical (unpaired) electrons. The normalized spacial score (nSPS) is 12.5. The van der Waals surface area contributed by atoms with Crippen LogP contribution in [0.15, 0.2) is 24.3 Å². The highest BCUT2D eigenvalue weighted by molar-refractivity contribution is 5.87. The molecule has 1 atom stereocenters. The fourth-order valence-electron chi connectivity index (χ4n) is 1.97. The Labute approximate surface area is 130 Å². The molecule has 0 heterocycles. The van der Waals surface area contributed by atoms with Gasteiger partial charge in [-0.15, -0.1) is 0 Å². The number of ether oxygens (including phenoxy) is 3. The van der Waals surface area contributed by atoms with Crippen LogP contribution in [0, 0.1) is 5.82 Å². The van der Waals surface area contributed by atoms with Crippen molar-refractivity contribution in [2.75, 3.05) is 20.0 Å². The summed E-state index contributed by atoms with van der Waals surface area (Å²) in [6, 6.07) is 4.39. The molecular weight excluding hydrogens is 287 g/mol. The Kier molecular flexibility index (Phi) is 8.40. The third-order valence-corrected chi connectivity index (χ3v) is 3.01. The summed E-state index contributed by atoms with van der Waals surface area (Å²) in [4.78, 5) is 11.4. The molecule has 0 spiro atoms. The highest BCUT2D eigenvalue weighted by Crippen LogP contribution is 2.26. The topological polar surface area (TPSA) is 44.8 Å². The first-order valence-corrected chi connectivity index (χ1v) is 7.45. The fraction of sp³-hybridized carbons (Fsp3) is 0.471. The summed E-state index contributed by atoms with van der Waals surface area (Å²) in [5, 5.41) is 0. The molecule has 0 fully saturated rings. The first-order chi connectivity index (χ1) is 10.6. The minimum atomic E-state index is -0.430. The number of hydrogen-bond donors (Lipinski definition) is 0. The maximum absolute atomic E-state index is 13.5. The quantitative estimate of drug-likeness (QED) is 0.301. The summed E-state index contributed by atoms with van der Waals surface area (Å²) >= 11 is 0. The molecular formula is C17H23FO4. The van der Waals surface area contributed by atoms with E-state index in [1.807, 2.05) is 13.8 Å². The molecule has 0 aliphatic heterocycles. The van der Waals surface area contributed by atoms with Crippen LogP contribution in [0.3, 0.4) is 0 Å². The van der Waals surface area contributed by atoms with Gasteiger partial charge in [-0.3, -0.25) is 0 Å². The van der Waals surface area contributed by atoms with Crippen LogP contribution in [0.2, 0.25) is 0 Å². The zero-order valence-corrected chi connectivity index (χ0v) is 13.3. The van der Waals surface area contributed by atoms with Crippen LogP contribution in [0.4, 0.5) is 4.39 Å². The van der Waals surface area contributed by atoms with Crippen molar-refractivity contribution in [3.63, 3.8) is 0 Å². The molecule has 0 saturated carbocycles. The van der Waals surface area contributed by atoms with E-state index in [1.54, 1.807) is 19.1 Å². The highest BCUT2D eigenvalue weighted by atomic mass is 19.1. The van der Waals surface area contributed by atoms with Crippen LogP contribution in [-0.4, -0.2) is 26.0 Å². The number of esters is 1. The van der Waals surface area contributed by atoms with E-state index < -0.39 is 5.97 Å². The summed E-state index contributed by atoms with van der Waals surface area (Å²) in [5.74, 6) is -0.775. The Morgan fingerprint density at radius 2 is 2.05 bits per heavy atom. The van der Waals surface area contributed by atoms with Gasteiger partial charge in [-0.1, -0.05) is 13.0 Å². The number of carbonyl (C=O) groups is 1. The summed E-state index contributed by atoms with van der Waals surface area (Å²) in [6.45, 7) is 6.57. The van der Waals surface area contributed by atoms with Crippen LogP contribution in [0.1, 0.15) is 44.4 Å². The van der Waals surface area contributed by atoms with Crippen molar-refractivity contribution in [2.24, 2.45) is 0 Å². The van der Waals surface area contributed by atoms with E-state index in [9.17, 15) is 9.18 Å². The lowest BCUT2D eigenvalue weighted by molar-refractivity contribution is -0.137. The van der Waals surface area contributed by atoms with E-state index >= 15 is 0 Å². The molecule has 5 heteroatoms. The maximum atomic E-state index is 13.5. The molecule has 4 nitrogen and oxygen atoms in total. The summed E-state index contributed by atoms with van der Waals surface area (Å²) in [6.07, 6.45) is 3.30. The number of rotatable bonds is 9. The van der Waals surface area contributed by atoms with Gasteiger partial charge in [0.15, 0.2) is 0 Å². The molecule has 1 aromatic carbocycles. The molecule has 0 aliphatic carbocycles. The SMILES string of the molecule is CCOCO[C@H](CC)c1cc(F)ccc1/C=C/C(=O)OCC. The number of benzene rings is 1. The second kappa shape index (κ2) is 10.1. The van der Waals surface area contributed by atoms with E-state index in [1.165, 1.54) is 18.2 Å². The van der Waals surface area contributed by atoms with E-state index in [0.29, 0.717) is 25.2 Å². The Hall–Kier alpha value is -1.72. The molecule has 0 bridgehead atoms. The Morgan fingerprint density at radius 1 is 1.27 bits per heavy atom. The van der Waals surface area contributed by atoms with Gasteiger partial charge in [0.25, 0.3) is 0 Å². The molecule has 0 unspecified atom stereocenters. The second-order valence-electron chi connectivity index (χ2n) is 4.53. The third kappa shape index (κ3) is 5.95. The standard InChI is InChI=1S/C17H23FO4/c1-4-16(22-12-20-5-2)15-11-14(18)9-7-13(15)8-10-17(19)21-6-3/h7-11,16H,4-6,12H2,1-3H3/b10-8+/t16-/m1/s1. The minimum Gasteiger partial charge on any atom is -0.463 e. The molecule has 0 N–H and O–H groups in total. The Bertz CT molecular complexity index is 499. The van der Waals surface area contributed by atoms with Gasteiger partial charge in [0.2, 0.25) is 0 Å². The summed E-state index contributed by atoms with van der Waals surface area (Å²) in [5.41, 5.74) is 1.40. The molecule has 22 heavy (non-hydrogen) atoms. The van der Waals surface area contributed by atoms with Crippen LogP contribution < -0.4 is 0 Å². The van der Waals surface area contributed by atoms with Crippen molar-refractivity contribution in [1.29, 1.82) is 0 Å². The van der Waals surface area contributed by atoms with Crippen LogP contribution in [-0.2, 0) is 19.0 Å². The average Bonchev–Trinajstić information content (AvgIpc) is 2.51. The van der Waals surface area contributed by atoms with E-state index in [4.69, 9.17) is 14.2 Å². The molecule has 1 aromatic rings. The van der Waals surface area contributed by atoms with Gasteiger partial charge in [0.05, 0.1) is 12.7 Å². The first kappa shape index (κ1) is 18.3. The monoisotopic (exact) mass is 310 g/mol. The summed E-state index contributed by atoms with van der Waals surface area (Å²) in [7, 11) is 0. The predicted molar refractivity (Wildman–Crippen MR) is 82.7 cm³/mol. The van der Waals surface area contributed by atoms with E-state index in [0.717, 1.165) is 5.56 Å². The average molecular weight is 310 g/mol. The Morgan fingerprint density at radius 3 is 2.68 bits per heavy atom. The predicted octanol–water partition coefficient (Wildman–Crippen LogP) is 3.86. The van der Waals surface area contributed by atoms with E-state index in [-0.39, 0.29) is 18.7 Å². The van der Waals surface area contributed by atoms with Crippen molar-refractivity contribution in [2.45, 2.75) is 33.3 Å². The molecule has 0 aromatic heterocycles. The Balaban J connectivity index is 2.95. The summed E-state index contributed by atoms with van der Waals surface area (Å²) < 4.78 is 29.2. The van der Waals surface area contributed by atoms with Gasteiger partial charge in [-0.05, 0) is 49.6 Å². The van der Waals surface area contributed by atoms with Crippen LogP contribution in [0.25, 0.3) is 6.08 Å². The number of carbonyl (C=O) groups excluding carboxylic acids is 1. The van der Waals surface area contributed by atoms with Crippen LogP contribution in [0.5, 0.6) is 0 Å². The van der Waals surface area contributed by atoms with Crippen molar-refractivity contribution < 1.29 is 23.4 Å². The van der Waals surface area contributed by atoms with Gasteiger partial charge in [0, 0.05) is 12.7 Å². The lowest BCUT2D eigenvalue weighted by atomic mass is 10.00. The van der Waals surface area contributed by atoms with Crippen LogP contribution >= 0.6 is 0 Å². The second-order valence-corrected chi connectivity index (χ2v) is 4.53. The number of halogens is 1. The molecule has 122 valence electrons. The van der Waals surface area contributed by atoms with Crippen molar-refractivity contribution in [1.82, 2.24) is 0 Å². The van der Waals surface area contributed by atoms with Crippen molar-refractivity contribution in [3.8, 4) is 0 Å². The molecule has 1 rings (SSSR count). The molecule has 0 saturated heterocycles. The highest BCUT2D eigenvalue weighted by Gasteiger charge is 2.14. The zero-order valence-electron chi connectivity index (χ0n) is 13.3. The maximum Gasteiger partial charge on any atom is 0.330 e. The van der Waals surface area contributed by atoms with Crippen molar-refractivity contribution in [3.05, 3.63) is 41.2 Å². The van der Waals surface area contributed by atoms with Gasteiger partial charge in [-0.2, -0.15) is 0 Å². The minimum absolute atomic E-state index is 0.145. The third-order valence-electron chi connectivity index (χ3n) is 3.01. The smallest absolute Gasteiger partial charge is 0.330 e. The zero-order chi connectivity index (χ0) is 16.4. The lowest BCUT2D eigenvalue weighted by Gasteiger charge is -2.18. The fourth-order valence-corrected chi connectivity index (χ4v) is 1.97. The van der Waals surface area contributed by atoms with Crippen molar-refractivity contribution >= 4 is 12.0 Å². The van der Waals surface area contributed by atoms with Gasteiger partial charge < -0.3 is 14.2 Å². The molecule has 0 aliphatic rings. The van der Waals surface area contributed by atoms with E-state index in [2.05, 4.69) is 0 Å².